The van der Waals surface area contributed by atoms with Crippen LogP contribution in [0.1, 0.15) is 21.3 Å². The van der Waals surface area contributed by atoms with Crippen molar-refractivity contribution in [2.24, 2.45) is 0 Å². The summed E-state index contributed by atoms with van der Waals surface area (Å²) in [5, 5.41) is 30.8. The van der Waals surface area contributed by atoms with Crippen LogP contribution in [0.4, 0.5) is 5.13 Å². The van der Waals surface area contributed by atoms with Gasteiger partial charge in [-0.2, -0.15) is 0 Å². The zero-order chi connectivity index (χ0) is 19.8. The number of methoxy groups -OCH3 is 1. The van der Waals surface area contributed by atoms with Crippen molar-refractivity contribution in [2.75, 3.05) is 12.0 Å². The monoisotopic (exact) mass is 415 g/mol. The third-order valence-corrected chi connectivity index (χ3v) is 5.85. The zero-order valence-corrected chi connectivity index (χ0v) is 16.0. The standard InChI is InChI=1S/C18H13N3O5S2/c1-26-10-5-2-4-9(14(10)22)13-12(15(23)11-6-3-7-27-11)16(24)17(25)21(13)18-20-19-8-28-18/h2-8,13,22,24H,1H3. The number of aliphatic hydroxyl groups is 1. The fourth-order valence-corrected chi connectivity index (χ4v) is 4.33. The Hall–Kier alpha value is -3.24. The molecule has 10 heteroatoms. The number of phenols is 1. The number of rotatable bonds is 5. The summed E-state index contributed by atoms with van der Waals surface area (Å²) in [4.78, 5) is 27.4. The quantitative estimate of drug-likeness (QED) is 0.616. The summed E-state index contributed by atoms with van der Waals surface area (Å²) in [6, 6.07) is 6.96. The maximum absolute atomic E-state index is 13.1. The first kappa shape index (κ1) is 18.1. The van der Waals surface area contributed by atoms with Crippen LogP contribution in [0.15, 0.2) is 52.6 Å². The van der Waals surface area contributed by atoms with E-state index >= 15 is 0 Å². The molecule has 2 aromatic heterocycles. The fourth-order valence-electron chi connectivity index (χ4n) is 3.07. The van der Waals surface area contributed by atoms with Gasteiger partial charge < -0.3 is 14.9 Å². The van der Waals surface area contributed by atoms with Gasteiger partial charge in [-0.05, 0) is 17.5 Å². The van der Waals surface area contributed by atoms with E-state index in [0.717, 1.165) is 16.2 Å². The highest BCUT2D eigenvalue weighted by Crippen LogP contribution is 2.46. The number of benzene rings is 1. The second-order valence-electron chi connectivity index (χ2n) is 5.77. The maximum Gasteiger partial charge on any atom is 0.296 e. The molecule has 0 aliphatic carbocycles. The van der Waals surface area contributed by atoms with Crippen molar-refractivity contribution >= 4 is 39.5 Å². The summed E-state index contributed by atoms with van der Waals surface area (Å²) in [6.07, 6.45) is 0. The molecule has 1 aliphatic heterocycles. The highest BCUT2D eigenvalue weighted by Gasteiger charge is 2.47. The lowest BCUT2D eigenvalue weighted by Crippen LogP contribution is -2.31. The largest absolute Gasteiger partial charge is 0.504 e. The lowest BCUT2D eigenvalue weighted by atomic mass is 9.94. The second kappa shape index (κ2) is 7.06. The number of aromatic nitrogens is 2. The summed E-state index contributed by atoms with van der Waals surface area (Å²) in [7, 11) is 1.40. The van der Waals surface area contributed by atoms with Gasteiger partial charge in [0.25, 0.3) is 5.91 Å². The molecule has 1 unspecified atom stereocenters. The van der Waals surface area contributed by atoms with Crippen LogP contribution in [-0.2, 0) is 4.79 Å². The van der Waals surface area contributed by atoms with Crippen LogP contribution in [0.2, 0.25) is 0 Å². The van der Waals surface area contributed by atoms with Crippen LogP contribution in [0.3, 0.4) is 0 Å². The van der Waals surface area contributed by atoms with E-state index in [2.05, 4.69) is 10.2 Å². The molecule has 4 rings (SSSR count). The summed E-state index contributed by atoms with van der Waals surface area (Å²) in [5.41, 5.74) is 1.53. The molecule has 0 bridgehead atoms. The summed E-state index contributed by atoms with van der Waals surface area (Å²) in [6.45, 7) is 0. The van der Waals surface area contributed by atoms with Gasteiger partial charge in [0.1, 0.15) is 11.6 Å². The van der Waals surface area contributed by atoms with Gasteiger partial charge in [-0.1, -0.05) is 29.5 Å². The molecule has 3 heterocycles. The van der Waals surface area contributed by atoms with Crippen LogP contribution in [0.5, 0.6) is 11.5 Å². The number of hydrogen-bond donors (Lipinski definition) is 2. The van der Waals surface area contributed by atoms with E-state index in [0.29, 0.717) is 4.88 Å². The molecule has 1 aromatic carbocycles. The molecule has 142 valence electrons. The van der Waals surface area contributed by atoms with Gasteiger partial charge in [-0.25, -0.2) is 0 Å². The van der Waals surface area contributed by atoms with E-state index in [1.54, 1.807) is 35.7 Å². The van der Waals surface area contributed by atoms with Crippen molar-refractivity contribution < 1.29 is 24.5 Å². The van der Waals surface area contributed by atoms with Crippen molar-refractivity contribution in [3.8, 4) is 11.5 Å². The Labute approximate surface area is 167 Å². The number of ether oxygens (including phenoxy) is 1. The normalized spacial score (nSPS) is 16.7. The minimum absolute atomic E-state index is 0.133. The molecule has 0 fully saturated rings. The number of para-hydroxylation sites is 1. The Balaban J connectivity index is 1.93. The third-order valence-electron chi connectivity index (χ3n) is 4.30. The average molecular weight is 415 g/mol. The second-order valence-corrected chi connectivity index (χ2v) is 7.53. The van der Waals surface area contributed by atoms with Crippen LogP contribution < -0.4 is 9.64 Å². The van der Waals surface area contributed by atoms with Gasteiger partial charge in [0.15, 0.2) is 17.3 Å². The highest BCUT2D eigenvalue weighted by molar-refractivity contribution is 7.13. The number of hydrogen-bond acceptors (Lipinski definition) is 9. The van der Waals surface area contributed by atoms with Crippen molar-refractivity contribution in [1.29, 1.82) is 0 Å². The van der Waals surface area contributed by atoms with Crippen LogP contribution in [0.25, 0.3) is 0 Å². The first-order valence-electron chi connectivity index (χ1n) is 8.01. The number of anilines is 1. The average Bonchev–Trinajstić information content (AvgIpc) is 3.44. The molecule has 0 spiro atoms. The smallest absolute Gasteiger partial charge is 0.296 e. The van der Waals surface area contributed by atoms with Crippen molar-refractivity contribution in [3.05, 3.63) is 63.0 Å². The fraction of sp³-hybridized carbons (Fsp3) is 0.111. The summed E-state index contributed by atoms with van der Waals surface area (Å²) < 4.78 is 5.15. The number of aliphatic hydroxyl groups excluding tert-OH is 1. The number of thiophene rings is 1. The Kier molecular flexibility index (Phi) is 4.57. The summed E-state index contributed by atoms with van der Waals surface area (Å²) >= 11 is 2.27. The SMILES string of the molecule is COc1cccc(C2C(C(=O)c3cccs3)=C(O)C(=O)N2c2nncs2)c1O. The van der Waals surface area contributed by atoms with Gasteiger partial charge in [0.2, 0.25) is 10.9 Å². The highest BCUT2D eigenvalue weighted by atomic mass is 32.1. The van der Waals surface area contributed by atoms with Gasteiger partial charge in [0.05, 0.1) is 17.6 Å². The first-order chi connectivity index (χ1) is 13.5. The lowest BCUT2D eigenvalue weighted by Gasteiger charge is -2.25. The van der Waals surface area contributed by atoms with E-state index in [1.807, 2.05) is 0 Å². The van der Waals surface area contributed by atoms with E-state index < -0.39 is 23.5 Å². The summed E-state index contributed by atoms with van der Waals surface area (Å²) in [5.74, 6) is -2.02. The molecule has 1 atom stereocenters. The van der Waals surface area contributed by atoms with E-state index in [9.17, 15) is 19.8 Å². The molecular weight excluding hydrogens is 402 g/mol. The van der Waals surface area contributed by atoms with Gasteiger partial charge in [0, 0.05) is 5.56 Å². The first-order valence-corrected chi connectivity index (χ1v) is 9.77. The molecule has 1 amide bonds. The van der Waals surface area contributed by atoms with Gasteiger partial charge >= 0.3 is 0 Å². The molecule has 0 saturated carbocycles. The number of ketones is 1. The van der Waals surface area contributed by atoms with Gasteiger partial charge in [-0.15, -0.1) is 21.5 Å². The van der Waals surface area contributed by atoms with Crippen molar-refractivity contribution in [1.82, 2.24) is 10.2 Å². The van der Waals surface area contributed by atoms with Gasteiger partial charge in [-0.3, -0.25) is 14.5 Å². The Morgan fingerprint density at radius 3 is 2.68 bits per heavy atom. The third kappa shape index (κ3) is 2.74. The minimum Gasteiger partial charge on any atom is -0.504 e. The molecule has 2 N–H and O–H groups in total. The number of phenolic OH excluding ortho intramolecular Hbond substituents is 1. The Morgan fingerprint density at radius 2 is 2.04 bits per heavy atom. The number of carbonyl (C=O) groups excluding carboxylic acids is 2. The Morgan fingerprint density at radius 1 is 1.21 bits per heavy atom. The minimum atomic E-state index is -1.08. The number of Topliss-reactive ketones (excluding diaryl/α,β-unsaturated/α-hetero) is 1. The van der Waals surface area contributed by atoms with E-state index in [4.69, 9.17) is 4.74 Å². The van der Waals surface area contributed by atoms with E-state index in [-0.39, 0.29) is 27.8 Å². The molecular formula is C18H13N3O5S2. The molecule has 28 heavy (non-hydrogen) atoms. The topological polar surface area (TPSA) is 113 Å². The van der Waals surface area contributed by atoms with Crippen molar-refractivity contribution in [3.63, 3.8) is 0 Å². The predicted molar refractivity (Wildman–Crippen MR) is 103 cm³/mol. The van der Waals surface area contributed by atoms with E-state index in [1.165, 1.54) is 24.0 Å². The van der Waals surface area contributed by atoms with Crippen LogP contribution in [-0.4, -0.2) is 39.2 Å². The zero-order valence-electron chi connectivity index (χ0n) is 14.4. The van der Waals surface area contributed by atoms with Crippen LogP contribution in [0, 0.1) is 0 Å². The van der Waals surface area contributed by atoms with Crippen LogP contribution >= 0.6 is 22.7 Å². The number of amides is 1. The molecule has 8 nitrogen and oxygen atoms in total. The predicted octanol–water partition coefficient (Wildman–Crippen LogP) is 3.10. The number of nitrogens with zero attached hydrogens (tertiary/aromatic N) is 3. The molecule has 0 saturated heterocycles. The number of aromatic hydroxyl groups is 1. The molecule has 1 aliphatic rings. The Bertz CT molecular complexity index is 1080. The molecule has 3 aromatic rings. The number of carbonyl (C=O) groups is 2. The van der Waals surface area contributed by atoms with Crippen molar-refractivity contribution in [2.45, 2.75) is 6.04 Å². The molecule has 0 radical (unpaired) electrons. The maximum atomic E-state index is 13.1. The lowest BCUT2D eigenvalue weighted by molar-refractivity contribution is -0.117.